The van der Waals surface area contributed by atoms with Gasteiger partial charge in [-0.15, -0.1) is 10.2 Å². The van der Waals surface area contributed by atoms with Crippen LogP contribution in [0.3, 0.4) is 0 Å². The summed E-state index contributed by atoms with van der Waals surface area (Å²) in [5, 5.41) is 15.6. The molecule has 3 rings (SSSR count). The number of hydrogen-bond donors (Lipinski definition) is 2. The number of halogens is 1. The molecule has 8 nitrogen and oxygen atoms in total. The Labute approximate surface area is 208 Å². The molecule has 1 aromatic heterocycles. The molecule has 0 bridgehead atoms. The average Bonchev–Trinajstić information content (AvgIpc) is 3.18. The molecule has 0 radical (unpaired) electrons. The number of methoxy groups -OCH3 is 1. The lowest BCUT2D eigenvalue weighted by molar-refractivity contribution is -0.113. The Morgan fingerprint density at radius 3 is 2.47 bits per heavy atom. The molecule has 2 aromatic carbocycles. The number of thioether (sulfide) groups is 1. The van der Waals surface area contributed by atoms with Crippen LogP contribution in [0, 0.1) is 12.8 Å². The molecule has 2 amide bonds. The van der Waals surface area contributed by atoms with Crippen LogP contribution in [-0.4, -0.2) is 39.4 Å². The van der Waals surface area contributed by atoms with Gasteiger partial charge in [0.2, 0.25) is 5.91 Å². The zero-order valence-electron chi connectivity index (χ0n) is 19.8. The van der Waals surface area contributed by atoms with Crippen LogP contribution >= 0.6 is 23.4 Å². The van der Waals surface area contributed by atoms with E-state index in [0.29, 0.717) is 33.0 Å². The first-order chi connectivity index (χ1) is 16.2. The normalized spacial score (nSPS) is 11.9. The highest BCUT2D eigenvalue weighted by Crippen LogP contribution is 2.25. The van der Waals surface area contributed by atoms with Crippen molar-refractivity contribution in [3.8, 4) is 5.75 Å². The summed E-state index contributed by atoms with van der Waals surface area (Å²) < 4.78 is 6.95. The van der Waals surface area contributed by atoms with E-state index in [1.807, 2.05) is 40.0 Å². The maximum absolute atomic E-state index is 12.8. The Bertz CT molecular complexity index is 1160. The highest BCUT2D eigenvalue weighted by Gasteiger charge is 2.25. The van der Waals surface area contributed by atoms with E-state index >= 15 is 0 Å². The van der Waals surface area contributed by atoms with Gasteiger partial charge in [0.1, 0.15) is 5.75 Å². The van der Waals surface area contributed by atoms with E-state index in [0.717, 1.165) is 5.56 Å². The summed E-state index contributed by atoms with van der Waals surface area (Å²) in [7, 11) is 3.40. The van der Waals surface area contributed by atoms with Crippen LogP contribution in [0.5, 0.6) is 5.75 Å². The molecular weight excluding hydrogens is 474 g/mol. The number of benzene rings is 2. The van der Waals surface area contributed by atoms with E-state index in [1.165, 1.54) is 11.8 Å². The quantitative estimate of drug-likeness (QED) is 0.414. The lowest BCUT2D eigenvalue weighted by Gasteiger charge is -2.21. The Balaban J connectivity index is 1.65. The molecule has 0 aliphatic carbocycles. The van der Waals surface area contributed by atoms with Crippen LogP contribution in [0.15, 0.2) is 47.6 Å². The fourth-order valence-corrected chi connectivity index (χ4v) is 4.12. The maximum atomic E-state index is 12.8. The van der Waals surface area contributed by atoms with Crippen LogP contribution in [0.2, 0.25) is 5.02 Å². The molecule has 0 fully saturated rings. The smallest absolute Gasteiger partial charge is 0.251 e. The summed E-state index contributed by atoms with van der Waals surface area (Å²) in [6.45, 7) is 5.90. The molecule has 0 saturated carbocycles. The Morgan fingerprint density at radius 2 is 1.85 bits per heavy atom. The standard InChI is InChI=1S/C24H28ClN5O3S/c1-14(2)21(27-23(32)16-7-10-18(33-5)11-8-16)22-28-29-24(30(22)4)34-13-20(31)26-17-9-6-15(3)19(25)12-17/h6-12,14,21H,13H2,1-5H3,(H,26,31)(H,27,32)/t21-/m0/s1. The lowest BCUT2D eigenvalue weighted by atomic mass is 10.0. The second-order valence-corrected chi connectivity index (χ2v) is 9.47. The lowest BCUT2D eigenvalue weighted by Crippen LogP contribution is -2.33. The van der Waals surface area contributed by atoms with Crippen LogP contribution in [0.1, 0.15) is 41.6 Å². The van der Waals surface area contributed by atoms with Gasteiger partial charge in [0.15, 0.2) is 11.0 Å². The summed E-state index contributed by atoms with van der Waals surface area (Å²) in [5.74, 6) is 1.13. The van der Waals surface area contributed by atoms with Crippen molar-refractivity contribution in [1.29, 1.82) is 0 Å². The first kappa shape index (κ1) is 25.6. The third-order valence-corrected chi connectivity index (χ3v) is 6.67. The van der Waals surface area contributed by atoms with Gasteiger partial charge in [-0.25, -0.2) is 0 Å². The summed E-state index contributed by atoms with van der Waals surface area (Å²) in [5.41, 5.74) is 2.11. The first-order valence-corrected chi connectivity index (χ1v) is 12.1. The first-order valence-electron chi connectivity index (χ1n) is 10.7. The molecule has 34 heavy (non-hydrogen) atoms. The van der Waals surface area contributed by atoms with Gasteiger partial charge in [-0.2, -0.15) is 0 Å². The SMILES string of the molecule is COc1ccc(C(=O)N[C@H](c2nnc(SCC(=O)Nc3ccc(C)c(Cl)c3)n2C)C(C)C)cc1. The van der Waals surface area contributed by atoms with Gasteiger partial charge in [-0.3, -0.25) is 9.59 Å². The minimum Gasteiger partial charge on any atom is -0.497 e. The van der Waals surface area contributed by atoms with Crippen LogP contribution < -0.4 is 15.4 Å². The van der Waals surface area contributed by atoms with Gasteiger partial charge in [-0.1, -0.05) is 43.3 Å². The zero-order chi connectivity index (χ0) is 24.8. The average molecular weight is 502 g/mol. The van der Waals surface area contributed by atoms with Gasteiger partial charge >= 0.3 is 0 Å². The van der Waals surface area contributed by atoms with Gasteiger partial charge in [0, 0.05) is 23.3 Å². The second-order valence-electron chi connectivity index (χ2n) is 8.12. The number of carbonyl (C=O) groups is 2. The molecule has 180 valence electrons. The Morgan fingerprint density at radius 1 is 1.15 bits per heavy atom. The third-order valence-electron chi connectivity index (χ3n) is 5.24. The number of ether oxygens (including phenoxy) is 1. The molecule has 0 aliphatic heterocycles. The van der Waals surface area contributed by atoms with Crippen molar-refractivity contribution in [2.45, 2.75) is 32.0 Å². The summed E-state index contributed by atoms with van der Waals surface area (Å²) in [6.07, 6.45) is 0. The highest BCUT2D eigenvalue weighted by molar-refractivity contribution is 7.99. The topological polar surface area (TPSA) is 98.1 Å². The van der Waals surface area contributed by atoms with E-state index in [1.54, 1.807) is 42.0 Å². The monoisotopic (exact) mass is 501 g/mol. The number of hydrogen-bond acceptors (Lipinski definition) is 6. The number of rotatable bonds is 9. The molecular formula is C24H28ClN5O3S. The minimum absolute atomic E-state index is 0.0672. The number of nitrogens with one attached hydrogen (secondary N) is 2. The molecule has 2 N–H and O–H groups in total. The van der Waals surface area contributed by atoms with Crippen LogP contribution in [-0.2, 0) is 11.8 Å². The molecule has 10 heteroatoms. The van der Waals surface area contributed by atoms with Crippen molar-refractivity contribution in [2.24, 2.45) is 13.0 Å². The molecule has 0 aliphatic rings. The van der Waals surface area contributed by atoms with Crippen LogP contribution in [0.4, 0.5) is 5.69 Å². The van der Waals surface area contributed by atoms with Crippen LogP contribution in [0.25, 0.3) is 0 Å². The molecule has 3 aromatic rings. The van der Waals surface area contributed by atoms with Crippen molar-refractivity contribution in [3.05, 3.63) is 64.4 Å². The highest BCUT2D eigenvalue weighted by atomic mass is 35.5. The molecule has 1 heterocycles. The number of carbonyl (C=O) groups excluding carboxylic acids is 2. The van der Waals surface area contributed by atoms with E-state index < -0.39 is 0 Å². The van der Waals surface area contributed by atoms with Crippen molar-refractivity contribution in [1.82, 2.24) is 20.1 Å². The predicted octanol–water partition coefficient (Wildman–Crippen LogP) is 4.64. The number of aryl methyl sites for hydroxylation is 1. The number of amides is 2. The largest absolute Gasteiger partial charge is 0.497 e. The molecule has 0 unspecified atom stereocenters. The molecule has 0 spiro atoms. The van der Waals surface area contributed by atoms with Gasteiger partial charge < -0.3 is 19.9 Å². The van der Waals surface area contributed by atoms with E-state index in [4.69, 9.17) is 16.3 Å². The number of anilines is 1. The molecule has 0 saturated heterocycles. The summed E-state index contributed by atoms with van der Waals surface area (Å²) in [4.78, 5) is 25.2. The third kappa shape index (κ3) is 6.30. The van der Waals surface area contributed by atoms with E-state index in [9.17, 15) is 9.59 Å². The zero-order valence-corrected chi connectivity index (χ0v) is 21.3. The van der Waals surface area contributed by atoms with E-state index in [-0.39, 0.29) is 29.5 Å². The van der Waals surface area contributed by atoms with Crippen molar-refractivity contribution in [2.75, 3.05) is 18.2 Å². The van der Waals surface area contributed by atoms with E-state index in [2.05, 4.69) is 20.8 Å². The summed E-state index contributed by atoms with van der Waals surface area (Å²) in [6, 6.07) is 11.9. The number of aromatic nitrogens is 3. The van der Waals surface area contributed by atoms with Gasteiger partial charge in [0.05, 0.1) is 18.9 Å². The van der Waals surface area contributed by atoms with Crippen molar-refractivity contribution in [3.63, 3.8) is 0 Å². The maximum Gasteiger partial charge on any atom is 0.251 e. The Hall–Kier alpha value is -3.04. The second kappa shape index (κ2) is 11.4. The fraction of sp³-hybridized carbons (Fsp3) is 0.333. The van der Waals surface area contributed by atoms with Gasteiger partial charge in [0.25, 0.3) is 5.91 Å². The van der Waals surface area contributed by atoms with Crippen molar-refractivity contribution >= 4 is 40.9 Å². The summed E-state index contributed by atoms with van der Waals surface area (Å²) >= 11 is 7.39. The minimum atomic E-state index is -0.357. The predicted molar refractivity (Wildman–Crippen MR) is 135 cm³/mol. The number of nitrogens with zero attached hydrogens (tertiary/aromatic N) is 3. The van der Waals surface area contributed by atoms with Gasteiger partial charge in [-0.05, 0) is 54.8 Å². The van der Waals surface area contributed by atoms with Crippen molar-refractivity contribution < 1.29 is 14.3 Å². The molecule has 1 atom stereocenters. The Kier molecular flexibility index (Phi) is 8.57. The fourth-order valence-electron chi connectivity index (χ4n) is 3.22.